The molecule has 94 valence electrons. The van der Waals surface area contributed by atoms with E-state index in [1.807, 2.05) is 0 Å². The van der Waals surface area contributed by atoms with Gasteiger partial charge in [-0.3, -0.25) is 0 Å². The van der Waals surface area contributed by atoms with E-state index in [2.05, 4.69) is 10.3 Å². The molecule has 0 saturated carbocycles. The molecule has 2 amide bonds. The van der Waals surface area contributed by atoms with Gasteiger partial charge in [-0.05, 0) is 13.3 Å². The quantitative estimate of drug-likeness (QED) is 0.415. The summed E-state index contributed by atoms with van der Waals surface area (Å²) in [5, 5.41) is 2.65. The second-order valence-electron chi connectivity index (χ2n) is 3.02. The summed E-state index contributed by atoms with van der Waals surface area (Å²) in [5.41, 5.74) is 0. The van der Waals surface area contributed by atoms with E-state index in [9.17, 15) is 4.79 Å². The highest BCUT2D eigenvalue weighted by molar-refractivity contribution is 6.60. The molecule has 1 N–H and O–H groups in total. The van der Waals surface area contributed by atoms with Crippen molar-refractivity contribution in [3.05, 3.63) is 0 Å². The van der Waals surface area contributed by atoms with Crippen LogP contribution in [-0.2, 0) is 13.3 Å². The highest BCUT2D eigenvalue weighted by Crippen LogP contribution is 2.14. The average molecular weight is 248 g/mol. The van der Waals surface area contributed by atoms with E-state index in [1.165, 1.54) is 6.21 Å². The van der Waals surface area contributed by atoms with E-state index in [4.69, 9.17) is 13.3 Å². The Morgan fingerprint density at radius 1 is 1.31 bits per heavy atom. The van der Waals surface area contributed by atoms with Crippen molar-refractivity contribution in [3.63, 3.8) is 0 Å². The van der Waals surface area contributed by atoms with Gasteiger partial charge < -0.3 is 18.6 Å². The van der Waals surface area contributed by atoms with Crippen molar-refractivity contribution in [3.8, 4) is 0 Å². The number of carbonyl (C=O) groups is 1. The van der Waals surface area contributed by atoms with Gasteiger partial charge in [0.15, 0.2) is 0 Å². The molecule has 0 heterocycles. The maximum atomic E-state index is 11.0. The molecule has 0 aromatic rings. The molecule has 0 atom stereocenters. The Kier molecular flexibility index (Phi) is 8.00. The molecule has 0 aliphatic carbocycles. The summed E-state index contributed by atoms with van der Waals surface area (Å²) in [6.07, 6.45) is 2.18. The minimum absolute atomic E-state index is 0.331. The predicted octanol–water partition coefficient (Wildman–Crippen LogP) is 1.05. The molecule has 0 unspecified atom stereocenters. The molecule has 7 heteroatoms. The monoisotopic (exact) mass is 248 g/mol. The fourth-order valence-corrected chi connectivity index (χ4v) is 2.94. The van der Waals surface area contributed by atoms with Crippen LogP contribution in [0.2, 0.25) is 6.04 Å². The van der Waals surface area contributed by atoms with Crippen molar-refractivity contribution < 1.29 is 18.1 Å². The van der Waals surface area contributed by atoms with E-state index in [1.54, 1.807) is 28.3 Å². The summed E-state index contributed by atoms with van der Waals surface area (Å²) in [4.78, 5) is 14.5. The third-order valence-corrected chi connectivity index (χ3v) is 4.95. The minimum Gasteiger partial charge on any atom is -0.377 e. The number of nitrogens with one attached hydrogen (secondary N) is 1. The zero-order chi connectivity index (χ0) is 12.4. The number of amides is 2. The Morgan fingerprint density at radius 2 is 1.88 bits per heavy atom. The second-order valence-corrected chi connectivity index (χ2v) is 6.11. The number of aliphatic imine (C=N–C) groups is 1. The number of hydrogen-bond donors (Lipinski definition) is 1. The first-order valence-electron chi connectivity index (χ1n) is 5.06. The van der Waals surface area contributed by atoms with Gasteiger partial charge >= 0.3 is 14.8 Å². The molecular weight excluding hydrogens is 228 g/mol. The normalized spacial score (nSPS) is 12.0. The van der Waals surface area contributed by atoms with Gasteiger partial charge in [0.1, 0.15) is 0 Å². The van der Waals surface area contributed by atoms with Gasteiger partial charge in [0.05, 0.1) is 0 Å². The van der Waals surface area contributed by atoms with Crippen LogP contribution in [-0.4, -0.2) is 48.9 Å². The molecule has 0 radical (unpaired) electrons. The maximum absolute atomic E-state index is 11.0. The van der Waals surface area contributed by atoms with Gasteiger partial charge in [-0.15, -0.1) is 0 Å². The van der Waals surface area contributed by atoms with E-state index in [0.717, 1.165) is 6.42 Å². The molecule has 0 aliphatic heterocycles. The highest BCUT2D eigenvalue weighted by Gasteiger charge is 2.36. The van der Waals surface area contributed by atoms with Crippen molar-refractivity contribution >= 4 is 21.1 Å². The molecule has 0 spiro atoms. The van der Waals surface area contributed by atoms with Crippen LogP contribution < -0.4 is 5.32 Å². The summed E-state index contributed by atoms with van der Waals surface area (Å²) in [6, 6.07) is 0.328. The summed E-state index contributed by atoms with van der Waals surface area (Å²) in [6.45, 7) is 2.22. The first-order chi connectivity index (χ1) is 7.64. The standard InChI is InChI=1S/C9H20N2O4Si/c1-5-10-9(12)11-7-6-8-16(13-2,14-3)15-4/h5H,6-8H2,1-4H3,(H,11,12). The molecule has 0 aromatic heterocycles. The third kappa shape index (κ3) is 5.36. The molecule has 0 fully saturated rings. The number of hydrogen-bond acceptors (Lipinski definition) is 4. The van der Waals surface area contributed by atoms with Gasteiger partial charge in [0.25, 0.3) is 0 Å². The lowest BCUT2D eigenvalue weighted by Crippen LogP contribution is -2.43. The van der Waals surface area contributed by atoms with E-state index >= 15 is 0 Å². The summed E-state index contributed by atoms with van der Waals surface area (Å²) in [5.74, 6) is 0. The van der Waals surface area contributed by atoms with Crippen molar-refractivity contribution in [2.75, 3.05) is 27.9 Å². The van der Waals surface area contributed by atoms with E-state index in [0.29, 0.717) is 12.6 Å². The lowest BCUT2D eigenvalue weighted by molar-refractivity contribution is 0.123. The SMILES string of the molecule is CC=NC(=O)NCCC[Si](OC)(OC)OC. The topological polar surface area (TPSA) is 69.2 Å². The van der Waals surface area contributed by atoms with Crippen molar-refractivity contribution in [2.45, 2.75) is 19.4 Å². The first-order valence-corrected chi connectivity index (χ1v) is 6.99. The van der Waals surface area contributed by atoms with Gasteiger partial charge in [-0.2, -0.15) is 0 Å². The Labute approximate surface area is 97.4 Å². The Morgan fingerprint density at radius 3 is 2.31 bits per heavy atom. The third-order valence-electron chi connectivity index (χ3n) is 2.12. The Balaban J connectivity index is 3.83. The summed E-state index contributed by atoms with van der Waals surface area (Å²) < 4.78 is 15.7. The van der Waals surface area contributed by atoms with Crippen molar-refractivity contribution in [1.29, 1.82) is 0 Å². The number of urea groups is 1. The minimum atomic E-state index is -2.50. The molecule has 0 aliphatic rings. The number of carbonyl (C=O) groups excluding carboxylic acids is 1. The van der Waals surface area contributed by atoms with E-state index < -0.39 is 8.80 Å². The fourth-order valence-electron chi connectivity index (χ4n) is 1.22. The van der Waals surface area contributed by atoms with Crippen LogP contribution in [0.3, 0.4) is 0 Å². The van der Waals surface area contributed by atoms with Crippen molar-refractivity contribution in [2.24, 2.45) is 4.99 Å². The number of rotatable bonds is 7. The van der Waals surface area contributed by atoms with Crippen LogP contribution in [0.25, 0.3) is 0 Å². The van der Waals surface area contributed by atoms with Crippen LogP contribution >= 0.6 is 0 Å². The zero-order valence-electron chi connectivity index (χ0n) is 10.3. The molecule has 6 nitrogen and oxygen atoms in total. The lowest BCUT2D eigenvalue weighted by atomic mass is 10.5. The van der Waals surface area contributed by atoms with Crippen molar-refractivity contribution in [1.82, 2.24) is 5.32 Å². The van der Waals surface area contributed by atoms with Crippen LogP contribution in [0.15, 0.2) is 4.99 Å². The molecular formula is C9H20N2O4Si. The number of nitrogens with zero attached hydrogens (tertiary/aromatic N) is 1. The Bertz CT molecular complexity index is 223. The first kappa shape index (κ1) is 15.2. The maximum Gasteiger partial charge on any atom is 0.500 e. The smallest absolute Gasteiger partial charge is 0.377 e. The predicted molar refractivity (Wildman–Crippen MR) is 63.8 cm³/mol. The largest absolute Gasteiger partial charge is 0.500 e. The molecule has 0 saturated heterocycles. The molecule has 16 heavy (non-hydrogen) atoms. The Hall–Kier alpha value is -0.763. The van der Waals surface area contributed by atoms with Crippen LogP contribution in [0.5, 0.6) is 0 Å². The second kappa shape index (κ2) is 8.40. The summed E-state index contributed by atoms with van der Waals surface area (Å²) >= 11 is 0. The van der Waals surface area contributed by atoms with Gasteiger partial charge in [0, 0.05) is 40.1 Å². The van der Waals surface area contributed by atoms with E-state index in [-0.39, 0.29) is 6.03 Å². The lowest BCUT2D eigenvalue weighted by Gasteiger charge is -2.24. The molecule has 0 bridgehead atoms. The zero-order valence-corrected chi connectivity index (χ0v) is 11.3. The van der Waals surface area contributed by atoms with Crippen LogP contribution in [0.1, 0.15) is 13.3 Å². The van der Waals surface area contributed by atoms with Gasteiger partial charge in [-0.1, -0.05) is 0 Å². The van der Waals surface area contributed by atoms with Crippen LogP contribution in [0, 0.1) is 0 Å². The summed E-state index contributed by atoms with van der Waals surface area (Å²) in [7, 11) is 2.21. The molecule has 0 aromatic carbocycles. The average Bonchev–Trinajstić information content (AvgIpc) is 2.31. The van der Waals surface area contributed by atoms with Crippen LogP contribution in [0.4, 0.5) is 4.79 Å². The van der Waals surface area contributed by atoms with Gasteiger partial charge in [-0.25, -0.2) is 9.79 Å². The fraction of sp³-hybridized carbons (Fsp3) is 0.778. The highest BCUT2D eigenvalue weighted by atomic mass is 28.4. The molecule has 0 rings (SSSR count). The van der Waals surface area contributed by atoms with Gasteiger partial charge in [0.2, 0.25) is 0 Å².